The van der Waals surface area contributed by atoms with Crippen LogP contribution in [0.25, 0.3) is 99.6 Å². The lowest BCUT2D eigenvalue weighted by Crippen LogP contribution is -2.14. The lowest BCUT2D eigenvalue weighted by atomic mass is 9.81. The summed E-state index contributed by atoms with van der Waals surface area (Å²) in [5, 5.41) is 7.24. The fourth-order valence-electron chi connectivity index (χ4n) is 9.14. The molecule has 1 aliphatic rings. The Balaban J connectivity index is 1.03. The molecule has 2 nitrogen and oxygen atoms in total. The summed E-state index contributed by atoms with van der Waals surface area (Å²) in [6.07, 6.45) is 0. The van der Waals surface area contributed by atoms with E-state index < -0.39 is 0 Å². The number of rotatable bonds is 5. The molecule has 0 radical (unpaired) electrons. The van der Waals surface area contributed by atoms with Crippen molar-refractivity contribution in [3.8, 4) is 67.3 Å². The zero-order chi connectivity index (χ0) is 38.1. The summed E-state index contributed by atoms with van der Waals surface area (Å²) in [4.78, 5) is 10.6. The first-order valence-electron chi connectivity index (χ1n) is 19.7. The van der Waals surface area contributed by atoms with Gasteiger partial charge in [0.25, 0.3) is 0 Å². The summed E-state index contributed by atoms with van der Waals surface area (Å²) in [6.45, 7) is 4.71. The van der Waals surface area contributed by atoms with Crippen LogP contribution in [0.1, 0.15) is 25.0 Å². The molecule has 2 heteroatoms. The topological polar surface area (TPSA) is 25.8 Å². The zero-order valence-electron chi connectivity index (χ0n) is 31.9. The third kappa shape index (κ3) is 5.48. The van der Waals surface area contributed by atoms with Gasteiger partial charge in [0.15, 0.2) is 5.82 Å². The maximum absolute atomic E-state index is 5.32. The summed E-state index contributed by atoms with van der Waals surface area (Å²) in [5.74, 6) is 0.713. The third-order valence-corrected chi connectivity index (χ3v) is 12.1. The number of aromatic nitrogens is 2. The van der Waals surface area contributed by atoms with Gasteiger partial charge in [0, 0.05) is 22.1 Å². The highest BCUT2D eigenvalue weighted by molar-refractivity contribution is 6.05. The summed E-state index contributed by atoms with van der Waals surface area (Å²) < 4.78 is 0. The van der Waals surface area contributed by atoms with Crippen LogP contribution in [0, 0.1) is 0 Å². The van der Waals surface area contributed by atoms with Crippen LogP contribution in [-0.4, -0.2) is 9.97 Å². The zero-order valence-corrected chi connectivity index (χ0v) is 31.9. The van der Waals surface area contributed by atoms with Gasteiger partial charge < -0.3 is 0 Å². The van der Waals surface area contributed by atoms with Gasteiger partial charge in [0.05, 0.1) is 11.4 Å². The molecule has 0 bridgehead atoms. The van der Waals surface area contributed by atoms with Gasteiger partial charge in [0.1, 0.15) is 0 Å². The van der Waals surface area contributed by atoms with Gasteiger partial charge in [0.2, 0.25) is 0 Å². The van der Waals surface area contributed by atoms with Crippen LogP contribution in [-0.2, 0) is 5.41 Å². The Hall–Kier alpha value is -7.16. The molecule has 0 atom stereocenters. The first kappa shape index (κ1) is 33.2. The molecule has 57 heavy (non-hydrogen) atoms. The highest BCUT2D eigenvalue weighted by Crippen LogP contribution is 2.51. The number of benzene rings is 9. The average Bonchev–Trinajstić information content (AvgIpc) is 3.49. The van der Waals surface area contributed by atoms with E-state index in [4.69, 9.17) is 9.97 Å². The molecule has 0 unspecified atom stereocenters. The van der Waals surface area contributed by atoms with Gasteiger partial charge in [-0.15, -0.1) is 0 Å². The van der Waals surface area contributed by atoms with Crippen molar-refractivity contribution in [2.45, 2.75) is 19.3 Å². The van der Waals surface area contributed by atoms with Gasteiger partial charge in [-0.25, -0.2) is 9.97 Å². The molecule has 0 aliphatic heterocycles. The van der Waals surface area contributed by atoms with E-state index >= 15 is 0 Å². The Morgan fingerprint density at radius 2 is 0.895 bits per heavy atom. The summed E-state index contributed by atoms with van der Waals surface area (Å²) in [5.41, 5.74) is 15.2. The van der Waals surface area contributed by atoms with E-state index in [1.54, 1.807) is 0 Å². The second kappa shape index (κ2) is 13.0. The van der Waals surface area contributed by atoms with Crippen LogP contribution in [0.4, 0.5) is 0 Å². The van der Waals surface area contributed by atoms with Gasteiger partial charge >= 0.3 is 0 Å². The van der Waals surface area contributed by atoms with Crippen molar-refractivity contribution in [3.63, 3.8) is 0 Å². The Bertz CT molecular complexity index is 3210. The first-order chi connectivity index (χ1) is 28.0. The Labute approximate surface area is 332 Å². The minimum atomic E-state index is -0.0598. The standard InChI is InChI=1S/C55H38N2/c1-55(2)50-29-26-40(32-48(50)49-31-38-17-6-7-18-39(38)33-51(49)55)37-20-12-21-41(30-37)43-27-28-47(45-24-11-10-23-44(43)45)54-56-52(36-15-4-3-5-16-36)34-53(57-54)46-25-13-19-35-14-8-9-22-42(35)46/h3-34H,1-2H3. The van der Waals surface area contributed by atoms with E-state index in [0.29, 0.717) is 5.82 Å². The monoisotopic (exact) mass is 726 g/mol. The minimum absolute atomic E-state index is 0.0598. The van der Waals surface area contributed by atoms with Crippen LogP contribution in [0.5, 0.6) is 0 Å². The molecule has 0 saturated heterocycles. The van der Waals surface area contributed by atoms with Gasteiger partial charge in [-0.2, -0.15) is 0 Å². The molecule has 11 rings (SSSR count). The molecule has 0 saturated carbocycles. The van der Waals surface area contributed by atoms with Crippen molar-refractivity contribution < 1.29 is 0 Å². The lowest BCUT2D eigenvalue weighted by Gasteiger charge is -2.22. The molecule has 10 aromatic rings. The second-order valence-electron chi connectivity index (χ2n) is 15.8. The molecule has 0 N–H and O–H groups in total. The van der Waals surface area contributed by atoms with E-state index in [2.05, 4.69) is 202 Å². The Kier molecular flexibility index (Phi) is 7.55. The highest BCUT2D eigenvalue weighted by atomic mass is 14.9. The van der Waals surface area contributed by atoms with Crippen LogP contribution < -0.4 is 0 Å². The van der Waals surface area contributed by atoms with Crippen LogP contribution in [0.2, 0.25) is 0 Å². The third-order valence-electron chi connectivity index (χ3n) is 12.1. The van der Waals surface area contributed by atoms with Gasteiger partial charge in [-0.1, -0.05) is 172 Å². The molecule has 1 aliphatic carbocycles. The summed E-state index contributed by atoms with van der Waals surface area (Å²) in [7, 11) is 0. The molecule has 0 amide bonds. The summed E-state index contributed by atoms with van der Waals surface area (Å²) >= 11 is 0. The average molecular weight is 727 g/mol. The second-order valence-corrected chi connectivity index (χ2v) is 15.8. The van der Waals surface area contributed by atoms with Crippen LogP contribution in [0.3, 0.4) is 0 Å². The molecular formula is C55H38N2. The molecule has 0 fully saturated rings. The largest absolute Gasteiger partial charge is 0.228 e. The molecular weight excluding hydrogens is 689 g/mol. The van der Waals surface area contributed by atoms with E-state index in [9.17, 15) is 0 Å². The maximum Gasteiger partial charge on any atom is 0.161 e. The fourth-order valence-corrected chi connectivity index (χ4v) is 9.14. The number of fused-ring (bicyclic) bond motifs is 6. The van der Waals surface area contributed by atoms with Crippen LogP contribution in [0.15, 0.2) is 194 Å². The number of nitrogens with zero attached hydrogens (tertiary/aromatic N) is 2. The smallest absolute Gasteiger partial charge is 0.161 e. The maximum atomic E-state index is 5.32. The normalized spacial score (nSPS) is 12.9. The van der Waals surface area contributed by atoms with Crippen molar-refractivity contribution >= 4 is 32.3 Å². The fraction of sp³-hybridized carbons (Fsp3) is 0.0545. The SMILES string of the molecule is CC1(C)c2ccc(-c3cccc(-c4ccc(-c5nc(-c6ccccc6)cc(-c6cccc7ccccc67)n5)c5ccccc45)c3)cc2-c2cc3ccccc3cc21. The summed E-state index contributed by atoms with van der Waals surface area (Å²) in [6, 6.07) is 70.2. The predicted molar refractivity (Wildman–Crippen MR) is 239 cm³/mol. The molecule has 268 valence electrons. The molecule has 9 aromatic carbocycles. The van der Waals surface area contributed by atoms with Crippen molar-refractivity contribution in [2.75, 3.05) is 0 Å². The van der Waals surface area contributed by atoms with Crippen LogP contribution >= 0.6 is 0 Å². The number of hydrogen-bond donors (Lipinski definition) is 0. The van der Waals surface area contributed by atoms with E-state index in [1.807, 2.05) is 6.07 Å². The van der Waals surface area contributed by atoms with E-state index in [0.717, 1.165) is 33.5 Å². The predicted octanol–water partition coefficient (Wildman–Crippen LogP) is 14.6. The lowest BCUT2D eigenvalue weighted by molar-refractivity contribution is 0.661. The van der Waals surface area contributed by atoms with E-state index in [-0.39, 0.29) is 5.41 Å². The quantitative estimate of drug-likeness (QED) is 0.176. The van der Waals surface area contributed by atoms with Gasteiger partial charge in [-0.05, 0) is 113 Å². The molecule has 0 spiro atoms. The van der Waals surface area contributed by atoms with Crippen molar-refractivity contribution in [3.05, 3.63) is 205 Å². The number of hydrogen-bond acceptors (Lipinski definition) is 2. The van der Waals surface area contributed by atoms with Crippen molar-refractivity contribution in [2.24, 2.45) is 0 Å². The van der Waals surface area contributed by atoms with Crippen molar-refractivity contribution in [1.82, 2.24) is 9.97 Å². The Morgan fingerprint density at radius 1 is 0.316 bits per heavy atom. The Morgan fingerprint density at radius 3 is 1.72 bits per heavy atom. The van der Waals surface area contributed by atoms with E-state index in [1.165, 1.54) is 71.4 Å². The minimum Gasteiger partial charge on any atom is -0.228 e. The highest BCUT2D eigenvalue weighted by Gasteiger charge is 2.35. The van der Waals surface area contributed by atoms with Gasteiger partial charge in [-0.3, -0.25) is 0 Å². The first-order valence-corrected chi connectivity index (χ1v) is 19.7. The molecule has 1 aromatic heterocycles. The van der Waals surface area contributed by atoms with Crippen molar-refractivity contribution in [1.29, 1.82) is 0 Å². The molecule has 1 heterocycles.